The Labute approximate surface area is 266 Å². The lowest BCUT2D eigenvalue weighted by atomic mass is 10.2. The smallest absolute Gasteiger partial charge is 0.300 e. The first-order valence-electron chi connectivity index (χ1n) is 15.1. The van der Waals surface area contributed by atoms with Crippen LogP contribution in [0.2, 0.25) is 113 Å². The third kappa shape index (κ3) is 19.2. The van der Waals surface area contributed by atoms with Crippen molar-refractivity contribution in [2.24, 2.45) is 0 Å². The van der Waals surface area contributed by atoms with Crippen LogP contribution >= 0.6 is 17.2 Å². The largest absolute Gasteiger partial charge is 0.356 e. The first-order valence-corrected chi connectivity index (χ1v) is 36.2. The maximum absolute atomic E-state index is 6.69. The fourth-order valence-electron chi connectivity index (χ4n) is 1.75. The molecule has 0 unspecified atom stereocenters. The monoisotopic (exact) mass is 722 g/mol. The minimum absolute atomic E-state index is 0.140. The molecule has 0 saturated carbocycles. The second kappa shape index (κ2) is 15.2. The molecule has 0 aromatic heterocycles. The Kier molecular flexibility index (Phi) is 16.7. The molecule has 250 valence electrons. The molecule has 0 amide bonds. The third-order valence-electron chi connectivity index (χ3n) is 7.37. The fourth-order valence-corrected chi connectivity index (χ4v) is 17.8. The molecule has 0 N–H and O–H groups in total. The van der Waals surface area contributed by atoms with Crippen molar-refractivity contribution in [2.75, 3.05) is 0 Å². The van der Waals surface area contributed by atoms with Gasteiger partial charge in [0.25, 0.3) is 17.2 Å². The van der Waals surface area contributed by atoms with E-state index in [-0.39, 0.29) is 15.1 Å². The topological polar surface area (TPSA) is 55.4 Å². The quantitative estimate of drug-likeness (QED) is 0.148. The van der Waals surface area contributed by atoms with E-state index in [2.05, 4.69) is 161 Å². The SMILES string of the molecule is CC(C)(C)[Si](C)(C)OP(O[Si](C)(C)C(C)(C)C)O[Si](C)(C)C(C)(C)C.C[Si](C)(C)OP(O[Si](C)(C)C)O[Si](C)(C)C. The molecular formula is C27H72O6P2Si6. The van der Waals surface area contributed by atoms with Crippen LogP contribution in [-0.4, -0.2) is 49.9 Å². The highest BCUT2D eigenvalue weighted by Gasteiger charge is 2.48. The van der Waals surface area contributed by atoms with Crippen LogP contribution in [0, 0.1) is 0 Å². The zero-order chi connectivity index (χ0) is 33.9. The molecule has 6 nitrogen and oxygen atoms in total. The molecule has 41 heavy (non-hydrogen) atoms. The molecule has 0 bridgehead atoms. The van der Waals surface area contributed by atoms with Crippen LogP contribution in [0.1, 0.15) is 62.3 Å². The summed E-state index contributed by atoms with van der Waals surface area (Å²) in [5.74, 6) is 0. The van der Waals surface area contributed by atoms with Crippen LogP contribution in [-0.2, 0) is 25.3 Å². The van der Waals surface area contributed by atoms with Crippen molar-refractivity contribution in [3.63, 3.8) is 0 Å². The van der Waals surface area contributed by atoms with E-state index in [1.54, 1.807) is 0 Å². The predicted octanol–water partition coefficient (Wildman–Crippen LogP) is 13.0. The summed E-state index contributed by atoms with van der Waals surface area (Å²) in [4.78, 5) is 0. The molecule has 0 aliphatic carbocycles. The first kappa shape index (κ1) is 45.0. The summed E-state index contributed by atoms with van der Waals surface area (Å²) in [6.07, 6.45) is 0. The lowest BCUT2D eigenvalue weighted by molar-refractivity contribution is 0.346. The van der Waals surface area contributed by atoms with Crippen LogP contribution < -0.4 is 0 Å². The molecule has 0 saturated heterocycles. The Morgan fingerprint density at radius 1 is 0.293 bits per heavy atom. The van der Waals surface area contributed by atoms with Gasteiger partial charge < -0.3 is 25.3 Å². The van der Waals surface area contributed by atoms with Crippen molar-refractivity contribution in [1.29, 1.82) is 0 Å². The maximum atomic E-state index is 6.69. The van der Waals surface area contributed by atoms with Gasteiger partial charge in [-0.15, -0.1) is 0 Å². The average Bonchev–Trinajstić information content (AvgIpc) is 2.52. The van der Waals surface area contributed by atoms with E-state index in [0.29, 0.717) is 0 Å². The van der Waals surface area contributed by atoms with Gasteiger partial charge in [-0.25, -0.2) is 0 Å². The van der Waals surface area contributed by atoms with Crippen LogP contribution in [0.25, 0.3) is 0 Å². The van der Waals surface area contributed by atoms with Crippen molar-refractivity contribution >= 4 is 67.1 Å². The Bertz CT molecular complexity index is 682. The summed E-state index contributed by atoms with van der Waals surface area (Å²) in [7, 11) is -13.1. The van der Waals surface area contributed by atoms with Gasteiger partial charge >= 0.3 is 0 Å². The van der Waals surface area contributed by atoms with Crippen LogP contribution in [0.4, 0.5) is 0 Å². The summed E-state index contributed by atoms with van der Waals surface area (Å²) in [6.45, 7) is 53.7. The van der Waals surface area contributed by atoms with Gasteiger partial charge in [0.05, 0.1) is 0 Å². The molecular weight excluding hydrogens is 651 g/mol. The van der Waals surface area contributed by atoms with Crippen molar-refractivity contribution in [3.05, 3.63) is 0 Å². The van der Waals surface area contributed by atoms with Gasteiger partial charge in [-0.05, 0) is 113 Å². The maximum Gasteiger partial charge on any atom is 0.300 e. The summed E-state index contributed by atoms with van der Waals surface area (Å²) in [5, 5.41) is 0.420. The van der Waals surface area contributed by atoms with E-state index >= 15 is 0 Å². The molecule has 0 fully saturated rings. The first-order chi connectivity index (χ1) is 17.3. The van der Waals surface area contributed by atoms with E-state index in [1.165, 1.54) is 0 Å². The Morgan fingerprint density at radius 2 is 0.439 bits per heavy atom. The lowest BCUT2D eigenvalue weighted by Crippen LogP contribution is -2.46. The highest BCUT2D eigenvalue weighted by Crippen LogP contribution is 2.57. The van der Waals surface area contributed by atoms with Crippen molar-refractivity contribution in [2.45, 2.75) is 176 Å². The Hall–Kier alpha value is 1.92. The molecule has 0 aromatic carbocycles. The summed E-state index contributed by atoms with van der Waals surface area (Å²) in [6, 6.07) is 0. The molecule has 0 rings (SSSR count). The van der Waals surface area contributed by atoms with Gasteiger partial charge in [0.2, 0.25) is 25.0 Å². The summed E-state index contributed by atoms with van der Waals surface area (Å²) < 4.78 is 38.1. The van der Waals surface area contributed by atoms with E-state index < -0.39 is 67.1 Å². The number of hydrogen-bond donors (Lipinski definition) is 0. The summed E-state index contributed by atoms with van der Waals surface area (Å²) >= 11 is 0. The molecule has 0 aromatic rings. The van der Waals surface area contributed by atoms with Crippen molar-refractivity contribution in [3.8, 4) is 0 Å². The zero-order valence-corrected chi connectivity index (χ0v) is 39.6. The molecule has 0 heterocycles. The fraction of sp³-hybridized carbons (Fsp3) is 1.00. The molecule has 0 spiro atoms. The second-order valence-corrected chi connectivity index (χ2v) is 50.1. The highest BCUT2D eigenvalue weighted by molar-refractivity contribution is 7.48. The molecule has 0 radical (unpaired) electrons. The van der Waals surface area contributed by atoms with Gasteiger partial charge in [0.1, 0.15) is 0 Å². The van der Waals surface area contributed by atoms with E-state index in [1.807, 2.05) is 0 Å². The highest BCUT2D eigenvalue weighted by atomic mass is 31.2. The van der Waals surface area contributed by atoms with E-state index in [9.17, 15) is 0 Å². The van der Waals surface area contributed by atoms with Gasteiger partial charge in [-0.2, -0.15) is 0 Å². The predicted molar refractivity (Wildman–Crippen MR) is 202 cm³/mol. The van der Waals surface area contributed by atoms with Crippen molar-refractivity contribution in [1.82, 2.24) is 0 Å². The third-order valence-corrected chi connectivity index (χ3v) is 33.8. The minimum atomic E-state index is -1.96. The standard InChI is InChI=1S/C18H45O3PSi3.C9H27O3PSi3/c1-16(2,3)23(10,11)19-22(20-24(12,13)17(4,5)6)21-25(14,15)18(7,8)9;1-14(2,3)10-13(11-15(4,5)6)12-16(7,8)9/h1-15H3;1-9H3. The molecule has 0 atom stereocenters. The van der Waals surface area contributed by atoms with Crippen molar-refractivity contribution < 1.29 is 25.3 Å². The van der Waals surface area contributed by atoms with Crippen LogP contribution in [0.5, 0.6) is 0 Å². The van der Waals surface area contributed by atoms with E-state index in [4.69, 9.17) is 25.3 Å². The molecule has 0 aliphatic rings. The molecule has 14 heteroatoms. The Morgan fingerprint density at radius 3 is 0.561 bits per heavy atom. The normalized spacial score (nSPS) is 15.4. The minimum Gasteiger partial charge on any atom is -0.356 e. The van der Waals surface area contributed by atoms with E-state index in [0.717, 1.165) is 0 Å². The Balaban J connectivity index is 0. The zero-order valence-electron chi connectivity index (χ0n) is 31.8. The lowest BCUT2D eigenvalue weighted by Gasteiger charge is -2.46. The van der Waals surface area contributed by atoms with Gasteiger partial charge in [-0.1, -0.05) is 62.3 Å². The van der Waals surface area contributed by atoms with Crippen LogP contribution in [0.15, 0.2) is 0 Å². The summed E-state index contributed by atoms with van der Waals surface area (Å²) in [5.41, 5.74) is 0. The average molecular weight is 723 g/mol. The molecule has 0 aliphatic heterocycles. The number of hydrogen-bond acceptors (Lipinski definition) is 6. The van der Waals surface area contributed by atoms with Gasteiger partial charge in [0, 0.05) is 0 Å². The second-order valence-electron chi connectivity index (χ2n) is 18.6. The van der Waals surface area contributed by atoms with Crippen LogP contribution in [0.3, 0.4) is 0 Å². The van der Waals surface area contributed by atoms with Gasteiger partial charge in [-0.3, -0.25) is 0 Å². The van der Waals surface area contributed by atoms with Gasteiger partial charge in [0.15, 0.2) is 25.0 Å². The number of rotatable bonds is 12.